The van der Waals surface area contributed by atoms with Gasteiger partial charge in [0, 0.05) is 28.8 Å². The maximum atomic E-state index is 10.2. The van der Waals surface area contributed by atoms with Gasteiger partial charge in [0.1, 0.15) is 0 Å². The fourth-order valence-corrected chi connectivity index (χ4v) is 4.00. The second-order valence-corrected chi connectivity index (χ2v) is 8.69. The van der Waals surface area contributed by atoms with Crippen LogP contribution in [0, 0.1) is 5.41 Å². The molecule has 0 aliphatic carbocycles. The third kappa shape index (κ3) is 5.91. The number of nitrogens with one attached hydrogen (secondary N) is 1. The molecule has 0 saturated heterocycles. The minimum absolute atomic E-state index is 0.160. The molecular formula is C17H25NOS2. The van der Waals surface area contributed by atoms with Crippen LogP contribution in [0.5, 0.6) is 0 Å². The first kappa shape index (κ1) is 16.7. The molecule has 0 bridgehead atoms. The number of rotatable bonds is 7. The molecule has 0 aliphatic heterocycles. The lowest BCUT2D eigenvalue weighted by atomic mass is 9.89. The predicted octanol–water partition coefficient (Wildman–Crippen LogP) is 4.48. The quantitative estimate of drug-likeness (QED) is 0.787. The highest BCUT2D eigenvalue weighted by molar-refractivity contribution is 7.10. The molecule has 2 atom stereocenters. The summed E-state index contributed by atoms with van der Waals surface area (Å²) in [6.45, 7) is 7.14. The van der Waals surface area contributed by atoms with E-state index in [1.165, 1.54) is 9.75 Å². The van der Waals surface area contributed by atoms with Crippen LogP contribution in [0.15, 0.2) is 35.0 Å². The van der Waals surface area contributed by atoms with Crippen molar-refractivity contribution >= 4 is 22.7 Å². The van der Waals surface area contributed by atoms with Crippen LogP contribution in [0.1, 0.15) is 43.0 Å². The molecule has 4 heteroatoms. The summed E-state index contributed by atoms with van der Waals surface area (Å²) in [4.78, 5) is 2.72. The number of thiophene rings is 2. The molecule has 2 rings (SSSR count). The van der Waals surface area contributed by atoms with Gasteiger partial charge in [-0.05, 0) is 34.7 Å². The molecule has 0 aromatic carbocycles. The molecule has 2 aromatic heterocycles. The second-order valence-electron chi connectivity index (χ2n) is 6.68. The largest absolute Gasteiger partial charge is 0.392 e. The molecule has 0 saturated carbocycles. The Morgan fingerprint density at radius 3 is 2.43 bits per heavy atom. The predicted molar refractivity (Wildman–Crippen MR) is 93.2 cm³/mol. The summed E-state index contributed by atoms with van der Waals surface area (Å²) >= 11 is 3.57. The zero-order valence-electron chi connectivity index (χ0n) is 13.0. The van der Waals surface area contributed by atoms with Gasteiger partial charge < -0.3 is 10.4 Å². The van der Waals surface area contributed by atoms with Crippen LogP contribution in [0.4, 0.5) is 0 Å². The maximum Gasteiger partial charge on any atom is 0.0669 e. The van der Waals surface area contributed by atoms with Gasteiger partial charge in [0.15, 0.2) is 0 Å². The number of aliphatic hydroxyl groups is 1. The first-order valence-corrected chi connectivity index (χ1v) is 9.17. The average Bonchev–Trinajstić information content (AvgIpc) is 3.05. The van der Waals surface area contributed by atoms with E-state index in [1.54, 1.807) is 22.7 Å². The summed E-state index contributed by atoms with van der Waals surface area (Å²) < 4.78 is 0. The Bertz CT molecular complexity index is 499. The minimum Gasteiger partial charge on any atom is -0.392 e. The highest BCUT2D eigenvalue weighted by Gasteiger charge is 2.19. The van der Waals surface area contributed by atoms with Crippen LogP contribution in [-0.2, 0) is 6.42 Å². The lowest BCUT2D eigenvalue weighted by Gasteiger charge is -2.24. The molecule has 2 unspecified atom stereocenters. The van der Waals surface area contributed by atoms with E-state index in [0.717, 1.165) is 12.8 Å². The van der Waals surface area contributed by atoms with Gasteiger partial charge in [0.25, 0.3) is 0 Å². The summed E-state index contributed by atoms with van der Waals surface area (Å²) in [5, 5.41) is 18.0. The fourth-order valence-electron chi connectivity index (χ4n) is 2.45. The Balaban J connectivity index is 1.93. The van der Waals surface area contributed by atoms with E-state index >= 15 is 0 Å². The number of hydrogen-bond acceptors (Lipinski definition) is 4. The fraction of sp³-hybridized carbons (Fsp3) is 0.529. The summed E-state index contributed by atoms with van der Waals surface area (Å²) in [6, 6.07) is 8.83. The van der Waals surface area contributed by atoms with E-state index in [9.17, 15) is 5.11 Å². The summed E-state index contributed by atoms with van der Waals surface area (Å²) in [6.07, 6.45) is 1.51. The smallest absolute Gasteiger partial charge is 0.0669 e. The number of aliphatic hydroxyl groups excluding tert-OH is 1. The molecule has 21 heavy (non-hydrogen) atoms. The Labute approximate surface area is 135 Å². The molecule has 0 amide bonds. The van der Waals surface area contributed by atoms with Crippen molar-refractivity contribution < 1.29 is 5.11 Å². The third-order valence-electron chi connectivity index (χ3n) is 3.32. The Morgan fingerprint density at radius 1 is 1.14 bits per heavy atom. The van der Waals surface area contributed by atoms with Gasteiger partial charge in [0.2, 0.25) is 0 Å². The van der Waals surface area contributed by atoms with Gasteiger partial charge in [-0.2, -0.15) is 0 Å². The second kappa shape index (κ2) is 7.54. The van der Waals surface area contributed by atoms with Gasteiger partial charge in [-0.3, -0.25) is 0 Å². The maximum absolute atomic E-state index is 10.2. The van der Waals surface area contributed by atoms with Crippen LogP contribution in [-0.4, -0.2) is 17.8 Å². The molecule has 0 spiro atoms. The zero-order chi connectivity index (χ0) is 15.3. The minimum atomic E-state index is -0.296. The van der Waals surface area contributed by atoms with E-state index in [0.29, 0.717) is 12.6 Å². The standard InChI is InChI=1S/C17H25NOS2/c1-17(2,3)11-13(19)12-18-15(16-7-5-9-21-16)10-14-6-4-8-20-14/h4-9,13,15,18-19H,10-12H2,1-3H3. The first-order chi connectivity index (χ1) is 9.94. The molecule has 2 aromatic rings. The van der Waals surface area contributed by atoms with E-state index < -0.39 is 0 Å². The Kier molecular flexibility index (Phi) is 5.99. The van der Waals surface area contributed by atoms with E-state index in [2.05, 4.69) is 61.1 Å². The summed E-state index contributed by atoms with van der Waals surface area (Å²) in [5.41, 5.74) is 0.160. The molecule has 0 fully saturated rings. The molecule has 2 nitrogen and oxygen atoms in total. The van der Waals surface area contributed by atoms with Crippen molar-refractivity contribution in [2.75, 3.05) is 6.54 Å². The molecule has 116 valence electrons. The number of hydrogen-bond donors (Lipinski definition) is 2. The molecule has 2 N–H and O–H groups in total. The highest BCUT2D eigenvalue weighted by Crippen LogP contribution is 2.26. The molecule has 0 aliphatic rings. The topological polar surface area (TPSA) is 32.3 Å². The summed E-state index contributed by atoms with van der Waals surface area (Å²) in [7, 11) is 0. The van der Waals surface area contributed by atoms with Gasteiger partial charge in [-0.1, -0.05) is 32.9 Å². The van der Waals surface area contributed by atoms with Crippen molar-refractivity contribution in [1.29, 1.82) is 0 Å². The van der Waals surface area contributed by atoms with Crippen molar-refractivity contribution in [3.63, 3.8) is 0 Å². The van der Waals surface area contributed by atoms with Crippen LogP contribution < -0.4 is 5.32 Å². The normalized spacial score (nSPS) is 15.0. The zero-order valence-corrected chi connectivity index (χ0v) is 14.6. The highest BCUT2D eigenvalue weighted by atomic mass is 32.1. The lowest BCUT2D eigenvalue weighted by Crippen LogP contribution is -2.33. The van der Waals surface area contributed by atoms with Crippen molar-refractivity contribution in [3.8, 4) is 0 Å². The van der Waals surface area contributed by atoms with E-state index in [1.807, 2.05) is 0 Å². The van der Waals surface area contributed by atoms with Gasteiger partial charge in [-0.25, -0.2) is 0 Å². The van der Waals surface area contributed by atoms with Gasteiger partial charge in [-0.15, -0.1) is 22.7 Å². The van der Waals surface area contributed by atoms with Crippen molar-refractivity contribution in [3.05, 3.63) is 44.8 Å². The Morgan fingerprint density at radius 2 is 1.86 bits per heavy atom. The van der Waals surface area contributed by atoms with E-state index in [-0.39, 0.29) is 11.5 Å². The van der Waals surface area contributed by atoms with Crippen LogP contribution in [0.3, 0.4) is 0 Å². The Hall–Kier alpha value is -0.680. The van der Waals surface area contributed by atoms with Crippen LogP contribution in [0.2, 0.25) is 0 Å². The SMILES string of the molecule is CC(C)(C)CC(O)CNC(Cc1cccs1)c1cccs1. The first-order valence-electron chi connectivity index (χ1n) is 7.41. The average molecular weight is 324 g/mol. The van der Waals surface area contributed by atoms with Crippen molar-refractivity contribution in [1.82, 2.24) is 5.32 Å². The van der Waals surface area contributed by atoms with Crippen LogP contribution >= 0.6 is 22.7 Å². The van der Waals surface area contributed by atoms with Gasteiger partial charge in [0.05, 0.1) is 6.10 Å². The summed E-state index contributed by atoms with van der Waals surface area (Å²) in [5.74, 6) is 0. The lowest BCUT2D eigenvalue weighted by molar-refractivity contribution is 0.116. The molecule has 2 heterocycles. The van der Waals surface area contributed by atoms with Crippen molar-refractivity contribution in [2.24, 2.45) is 5.41 Å². The molecule has 0 radical (unpaired) electrons. The van der Waals surface area contributed by atoms with Gasteiger partial charge >= 0.3 is 0 Å². The molecular weight excluding hydrogens is 298 g/mol. The van der Waals surface area contributed by atoms with Crippen molar-refractivity contribution in [2.45, 2.75) is 45.8 Å². The van der Waals surface area contributed by atoms with E-state index in [4.69, 9.17) is 0 Å². The van der Waals surface area contributed by atoms with Crippen LogP contribution in [0.25, 0.3) is 0 Å². The third-order valence-corrected chi connectivity index (χ3v) is 5.20. The monoisotopic (exact) mass is 323 g/mol.